The second-order valence-electron chi connectivity index (χ2n) is 11.1. The van der Waals surface area contributed by atoms with Gasteiger partial charge < -0.3 is 9.30 Å². The molecule has 0 aliphatic carbocycles. The van der Waals surface area contributed by atoms with E-state index in [1.54, 1.807) is 6.20 Å². The molecule has 5 nitrogen and oxygen atoms in total. The minimum atomic E-state index is 0.746. The van der Waals surface area contributed by atoms with Crippen molar-refractivity contribution in [2.45, 2.75) is 0 Å². The lowest BCUT2D eigenvalue weighted by Crippen LogP contribution is -1.96. The summed E-state index contributed by atoms with van der Waals surface area (Å²) in [5.41, 5.74) is 8.37. The highest BCUT2D eigenvalue weighted by atomic mass is 16.5. The Labute approximate surface area is 259 Å². The van der Waals surface area contributed by atoms with Crippen LogP contribution in [0.5, 0.6) is 11.5 Å². The molecule has 5 heteroatoms. The Morgan fingerprint density at radius 1 is 0.467 bits per heavy atom. The summed E-state index contributed by atoms with van der Waals surface area (Å²) in [7, 11) is 0. The van der Waals surface area contributed by atoms with Crippen LogP contribution in [0.25, 0.3) is 66.4 Å². The van der Waals surface area contributed by atoms with Crippen molar-refractivity contribution in [1.82, 2.24) is 19.1 Å². The first-order chi connectivity index (χ1) is 22.3. The Kier molecular flexibility index (Phi) is 5.74. The lowest BCUT2D eigenvalue weighted by Gasteiger charge is -2.12. The second kappa shape index (κ2) is 10.2. The van der Waals surface area contributed by atoms with Gasteiger partial charge in [-0.15, -0.1) is 0 Å². The quantitative estimate of drug-likeness (QED) is 0.204. The van der Waals surface area contributed by atoms with Crippen LogP contribution in [-0.2, 0) is 0 Å². The lowest BCUT2D eigenvalue weighted by molar-refractivity contribution is 0.482. The monoisotopic (exact) mass is 578 g/mol. The maximum absolute atomic E-state index is 6.42. The zero-order chi connectivity index (χ0) is 29.7. The van der Waals surface area contributed by atoms with Gasteiger partial charge in [0.25, 0.3) is 0 Å². The summed E-state index contributed by atoms with van der Waals surface area (Å²) in [6.45, 7) is 0. The zero-order valence-corrected chi connectivity index (χ0v) is 24.2. The number of benzene rings is 5. The van der Waals surface area contributed by atoms with Crippen LogP contribution in [0.3, 0.4) is 0 Å². The van der Waals surface area contributed by atoms with Crippen LogP contribution in [0, 0.1) is 0 Å². The first-order valence-electron chi connectivity index (χ1n) is 15.0. The Morgan fingerprint density at radius 3 is 2.11 bits per heavy atom. The molecule has 0 radical (unpaired) electrons. The minimum absolute atomic E-state index is 0.746. The van der Waals surface area contributed by atoms with Crippen molar-refractivity contribution in [3.63, 3.8) is 0 Å². The third-order valence-electron chi connectivity index (χ3n) is 8.44. The molecule has 9 aromatic rings. The second-order valence-corrected chi connectivity index (χ2v) is 11.1. The van der Waals surface area contributed by atoms with E-state index in [1.807, 2.05) is 66.9 Å². The predicted octanol–water partition coefficient (Wildman–Crippen LogP) is 10.1. The van der Waals surface area contributed by atoms with E-state index in [0.29, 0.717) is 0 Å². The number of pyridine rings is 2. The first kappa shape index (κ1) is 25.3. The third kappa shape index (κ3) is 4.09. The Balaban J connectivity index is 1.25. The molecule has 5 aromatic carbocycles. The number of fused-ring (bicyclic) bond motifs is 7. The molecule has 0 fully saturated rings. The molecule has 45 heavy (non-hydrogen) atoms. The maximum atomic E-state index is 6.42. The van der Waals surface area contributed by atoms with Crippen LogP contribution in [-0.4, -0.2) is 19.1 Å². The molecule has 0 atom stereocenters. The highest BCUT2D eigenvalue weighted by Gasteiger charge is 2.21. The molecule has 0 saturated carbocycles. The van der Waals surface area contributed by atoms with Crippen LogP contribution in [0.2, 0.25) is 0 Å². The van der Waals surface area contributed by atoms with Crippen LogP contribution < -0.4 is 4.74 Å². The SMILES string of the molecule is c1ccc(-n2c3ccccc3c3ccc4c(c5cccnc5n4-c4cccc(Oc5cccc(-c6ccccn6)c5)c4)c32)cc1. The molecule has 4 aromatic heterocycles. The summed E-state index contributed by atoms with van der Waals surface area (Å²) in [6.07, 6.45) is 3.67. The summed E-state index contributed by atoms with van der Waals surface area (Å²) >= 11 is 0. The van der Waals surface area contributed by atoms with Crippen LogP contribution in [0.1, 0.15) is 0 Å². The highest BCUT2D eigenvalue weighted by molar-refractivity contribution is 6.25. The van der Waals surface area contributed by atoms with Crippen molar-refractivity contribution >= 4 is 43.7 Å². The van der Waals surface area contributed by atoms with Crippen molar-refractivity contribution < 1.29 is 4.74 Å². The van der Waals surface area contributed by atoms with Gasteiger partial charge in [-0.25, -0.2) is 4.98 Å². The number of para-hydroxylation sites is 2. The van der Waals surface area contributed by atoms with Gasteiger partial charge in [-0.05, 0) is 72.8 Å². The van der Waals surface area contributed by atoms with Crippen LogP contribution >= 0.6 is 0 Å². The van der Waals surface area contributed by atoms with Crippen LogP contribution in [0.4, 0.5) is 0 Å². The Bertz CT molecular complexity index is 2510. The topological polar surface area (TPSA) is 44.9 Å². The summed E-state index contributed by atoms with van der Waals surface area (Å²) in [6, 6.07) is 50.1. The fourth-order valence-electron chi connectivity index (χ4n) is 6.56. The standard InChI is InChI=1S/C40H26N4O/c1-2-12-28(13-3-1)43-36-20-5-4-17-32(36)33-21-22-37-38(39(33)43)34-18-10-24-42-40(34)44(37)29-14-9-16-31(26-29)45-30-15-8-11-27(25-30)35-19-6-7-23-41-35/h1-26H. The number of ether oxygens (including phenoxy) is 1. The number of hydrogen-bond donors (Lipinski definition) is 0. The summed E-state index contributed by atoms with van der Waals surface area (Å²) in [5, 5.41) is 4.72. The number of nitrogens with zero attached hydrogens (tertiary/aromatic N) is 4. The Morgan fingerprint density at radius 2 is 1.22 bits per heavy atom. The van der Waals surface area contributed by atoms with Crippen molar-refractivity contribution in [2.75, 3.05) is 0 Å². The van der Waals surface area contributed by atoms with Gasteiger partial charge >= 0.3 is 0 Å². The van der Waals surface area contributed by atoms with E-state index in [4.69, 9.17) is 9.72 Å². The van der Waals surface area contributed by atoms with Gasteiger partial charge in [0.2, 0.25) is 0 Å². The fourth-order valence-corrected chi connectivity index (χ4v) is 6.56. The summed E-state index contributed by atoms with van der Waals surface area (Å²) < 4.78 is 11.1. The van der Waals surface area contributed by atoms with Gasteiger partial charge in [0, 0.05) is 51.3 Å². The molecule has 212 valence electrons. The van der Waals surface area contributed by atoms with Gasteiger partial charge in [-0.1, -0.05) is 66.7 Å². The molecule has 9 rings (SSSR count). The van der Waals surface area contributed by atoms with E-state index in [9.17, 15) is 0 Å². The number of aromatic nitrogens is 4. The average Bonchev–Trinajstić information content (AvgIpc) is 3.62. The normalized spacial score (nSPS) is 11.6. The zero-order valence-electron chi connectivity index (χ0n) is 24.2. The largest absolute Gasteiger partial charge is 0.457 e. The van der Waals surface area contributed by atoms with Crippen molar-refractivity contribution in [2.24, 2.45) is 0 Å². The van der Waals surface area contributed by atoms with E-state index in [0.717, 1.165) is 50.7 Å². The maximum Gasteiger partial charge on any atom is 0.145 e. The molecule has 0 aliphatic heterocycles. The van der Waals surface area contributed by atoms with E-state index in [1.165, 1.54) is 27.2 Å². The molecule has 0 unspecified atom stereocenters. The molecule has 0 aliphatic rings. The van der Waals surface area contributed by atoms with Crippen molar-refractivity contribution in [3.8, 4) is 34.1 Å². The predicted molar refractivity (Wildman–Crippen MR) is 183 cm³/mol. The van der Waals surface area contributed by atoms with E-state index < -0.39 is 0 Å². The molecule has 0 spiro atoms. The Hall–Kier alpha value is -6.20. The van der Waals surface area contributed by atoms with Gasteiger partial charge in [-0.3, -0.25) is 9.55 Å². The molecular formula is C40H26N4O. The van der Waals surface area contributed by atoms with Crippen molar-refractivity contribution in [3.05, 3.63) is 158 Å². The average molecular weight is 579 g/mol. The van der Waals surface area contributed by atoms with Gasteiger partial charge in [0.1, 0.15) is 17.1 Å². The molecule has 0 N–H and O–H groups in total. The fraction of sp³-hybridized carbons (Fsp3) is 0. The highest BCUT2D eigenvalue weighted by Crippen LogP contribution is 2.41. The molecule has 4 heterocycles. The summed E-state index contributed by atoms with van der Waals surface area (Å²) in [5.74, 6) is 1.50. The molecule has 0 amide bonds. The summed E-state index contributed by atoms with van der Waals surface area (Å²) in [4.78, 5) is 9.42. The van der Waals surface area contributed by atoms with Crippen molar-refractivity contribution in [1.29, 1.82) is 0 Å². The minimum Gasteiger partial charge on any atom is -0.457 e. The smallest absolute Gasteiger partial charge is 0.145 e. The van der Waals surface area contributed by atoms with Gasteiger partial charge in [0.05, 0.1) is 27.9 Å². The molecule has 0 bridgehead atoms. The molecule has 0 saturated heterocycles. The number of rotatable bonds is 5. The third-order valence-corrected chi connectivity index (χ3v) is 8.44. The molecular weight excluding hydrogens is 552 g/mol. The lowest BCUT2D eigenvalue weighted by atomic mass is 10.1. The number of hydrogen-bond acceptors (Lipinski definition) is 3. The van der Waals surface area contributed by atoms with E-state index in [2.05, 4.69) is 99.0 Å². The van der Waals surface area contributed by atoms with Crippen LogP contribution in [0.15, 0.2) is 158 Å². The van der Waals surface area contributed by atoms with Gasteiger partial charge in [0.15, 0.2) is 0 Å². The first-order valence-corrected chi connectivity index (χ1v) is 15.0. The van der Waals surface area contributed by atoms with E-state index >= 15 is 0 Å². The van der Waals surface area contributed by atoms with Gasteiger partial charge in [-0.2, -0.15) is 0 Å². The van der Waals surface area contributed by atoms with E-state index in [-0.39, 0.29) is 0 Å².